The maximum Gasteiger partial charge on any atom is 0.277 e. The van der Waals surface area contributed by atoms with Gasteiger partial charge in [0.25, 0.3) is 5.91 Å². The van der Waals surface area contributed by atoms with Gasteiger partial charge in [-0.05, 0) is 70.8 Å². The third-order valence-corrected chi connectivity index (χ3v) is 9.13. The smallest absolute Gasteiger partial charge is 0.277 e. The zero-order valence-corrected chi connectivity index (χ0v) is 23.3. The number of nitrogens with one attached hydrogen (secondary N) is 1. The first-order chi connectivity index (χ1) is 19.2. The standard InChI is InChI=1S/C31H30N2O4S2/c1-2-35-29-18-22(8-14-28(29)37-20-23-7-9-24-5-3-4-6-26(24)17-23)19-32-33-30(34)21-36-27-12-10-25(11-13-27)31-38-15-16-39-31/h3-14,17-19,31H,2,15-16,20-21H2,1H3,(H,33,34)/b32-19-. The minimum atomic E-state index is -0.336. The quantitative estimate of drug-likeness (QED) is 0.161. The van der Waals surface area contributed by atoms with Crippen LogP contribution in [-0.2, 0) is 11.4 Å². The van der Waals surface area contributed by atoms with E-state index in [-0.39, 0.29) is 12.5 Å². The van der Waals surface area contributed by atoms with Gasteiger partial charge in [0.1, 0.15) is 12.4 Å². The molecule has 0 bridgehead atoms. The molecule has 39 heavy (non-hydrogen) atoms. The fourth-order valence-corrected chi connectivity index (χ4v) is 6.97. The summed E-state index contributed by atoms with van der Waals surface area (Å²) in [5.74, 6) is 3.96. The molecule has 200 valence electrons. The molecule has 0 aliphatic carbocycles. The van der Waals surface area contributed by atoms with Crippen molar-refractivity contribution in [3.05, 3.63) is 102 Å². The highest BCUT2D eigenvalue weighted by molar-refractivity contribution is 8.19. The summed E-state index contributed by atoms with van der Waals surface area (Å²) in [6.45, 7) is 2.74. The fourth-order valence-electron chi connectivity index (χ4n) is 4.11. The van der Waals surface area contributed by atoms with Crippen LogP contribution in [0, 0.1) is 0 Å². The van der Waals surface area contributed by atoms with Gasteiger partial charge in [0.2, 0.25) is 0 Å². The van der Waals surface area contributed by atoms with Crippen LogP contribution in [0.1, 0.15) is 28.2 Å². The maximum absolute atomic E-state index is 12.2. The predicted molar refractivity (Wildman–Crippen MR) is 161 cm³/mol. The van der Waals surface area contributed by atoms with Crippen molar-refractivity contribution >= 4 is 46.4 Å². The Balaban J connectivity index is 1.12. The van der Waals surface area contributed by atoms with Crippen LogP contribution in [0.2, 0.25) is 0 Å². The molecule has 1 aliphatic rings. The van der Waals surface area contributed by atoms with Crippen molar-refractivity contribution in [2.75, 3.05) is 24.7 Å². The van der Waals surface area contributed by atoms with Crippen molar-refractivity contribution < 1.29 is 19.0 Å². The fraction of sp³-hybridized carbons (Fsp3) is 0.226. The van der Waals surface area contributed by atoms with Crippen LogP contribution in [0.3, 0.4) is 0 Å². The van der Waals surface area contributed by atoms with E-state index in [0.717, 1.165) is 11.1 Å². The number of hydrogen-bond donors (Lipinski definition) is 1. The van der Waals surface area contributed by atoms with Gasteiger partial charge in [0, 0.05) is 11.5 Å². The molecule has 6 nitrogen and oxygen atoms in total. The predicted octanol–water partition coefficient (Wildman–Crippen LogP) is 6.83. The van der Waals surface area contributed by atoms with Gasteiger partial charge in [-0.3, -0.25) is 4.79 Å². The van der Waals surface area contributed by atoms with Crippen LogP contribution in [-0.4, -0.2) is 36.8 Å². The first kappa shape index (κ1) is 27.0. The molecule has 1 saturated heterocycles. The highest BCUT2D eigenvalue weighted by Gasteiger charge is 2.18. The number of benzene rings is 4. The third-order valence-electron chi connectivity index (χ3n) is 6.02. The monoisotopic (exact) mass is 558 g/mol. The van der Waals surface area contributed by atoms with Gasteiger partial charge in [-0.2, -0.15) is 5.10 Å². The number of rotatable bonds is 11. The van der Waals surface area contributed by atoms with E-state index in [1.807, 2.05) is 72.9 Å². The number of amides is 1. The first-order valence-electron chi connectivity index (χ1n) is 12.8. The average molecular weight is 559 g/mol. The van der Waals surface area contributed by atoms with E-state index in [9.17, 15) is 4.79 Å². The largest absolute Gasteiger partial charge is 0.490 e. The number of thioether (sulfide) groups is 2. The Labute approximate surface area is 237 Å². The maximum atomic E-state index is 12.2. The Morgan fingerprint density at radius 2 is 1.69 bits per heavy atom. The van der Waals surface area contributed by atoms with E-state index in [1.165, 1.54) is 27.8 Å². The highest BCUT2D eigenvalue weighted by Crippen LogP contribution is 2.45. The zero-order chi connectivity index (χ0) is 26.9. The summed E-state index contributed by atoms with van der Waals surface area (Å²) in [5, 5.41) is 6.45. The van der Waals surface area contributed by atoms with Crippen LogP contribution < -0.4 is 19.6 Å². The number of fused-ring (bicyclic) bond motifs is 1. The third kappa shape index (κ3) is 7.49. The molecule has 8 heteroatoms. The Morgan fingerprint density at radius 3 is 2.49 bits per heavy atom. The van der Waals surface area contributed by atoms with Gasteiger partial charge < -0.3 is 14.2 Å². The van der Waals surface area contributed by atoms with Crippen molar-refractivity contribution in [2.24, 2.45) is 5.10 Å². The van der Waals surface area contributed by atoms with Crippen LogP contribution in [0.25, 0.3) is 10.8 Å². The van der Waals surface area contributed by atoms with E-state index in [4.69, 9.17) is 14.2 Å². The second kappa shape index (κ2) is 13.4. The van der Waals surface area contributed by atoms with Crippen molar-refractivity contribution in [1.29, 1.82) is 0 Å². The Kier molecular flexibility index (Phi) is 9.30. The summed E-state index contributed by atoms with van der Waals surface area (Å²) in [4.78, 5) is 12.2. The number of hydrogen-bond acceptors (Lipinski definition) is 7. The lowest BCUT2D eigenvalue weighted by molar-refractivity contribution is -0.123. The van der Waals surface area contributed by atoms with E-state index in [0.29, 0.717) is 35.0 Å². The molecule has 1 fully saturated rings. The molecule has 1 amide bonds. The lowest BCUT2D eigenvalue weighted by Crippen LogP contribution is -2.24. The molecule has 0 spiro atoms. The number of hydrazone groups is 1. The molecule has 4 aromatic rings. The second-order valence-electron chi connectivity index (χ2n) is 8.83. The van der Waals surface area contributed by atoms with Gasteiger partial charge >= 0.3 is 0 Å². The van der Waals surface area contributed by atoms with Gasteiger partial charge in [-0.1, -0.05) is 48.5 Å². The molecule has 5 rings (SSSR count). The van der Waals surface area contributed by atoms with Crippen LogP contribution in [0.4, 0.5) is 0 Å². The number of carbonyl (C=O) groups is 1. The van der Waals surface area contributed by atoms with Crippen molar-refractivity contribution in [3.8, 4) is 17.2 Å². The SMILES string of the molecule is CCOc1cc(/C=N\NC(=O)COc2ccc(C3SCCS3)cc2)ccc1OCc1ccc2ccccc2c1. The van der Waals surface area contributed by atoms with Crippen LogP contribution >= 0.6 is 23.5 Å². The normalized spacial score (nSPS) is 13.6. The Bertz CT molecular complexity index is 1440. The molecule has 0 unspecified atom stereocenters. The zero-order valence-electron chi connectivity index (χ0n) is 21.7. The molecule has 1 aliphatic heterocycles. The molecule has 0 saturated carbocycles. The van der Waals surface area contributed by atoms with Crippen molar-refractivity contribution in [3.63, 3.8) is 0 Å². The molecule has 0 radical (unpaired) electrons. The number of nitrogens with zero attached hydrogens (tertiary/aromatic N) is 1. The summed E-state index contributed by atoms with van der Waals surface area (Å²) >= 11 is 3.92. The minimum absolute atomic E-state index is 0.116. The summed E-state index contributed by atoms with van der Waals surface area (Å²) in [6, 6.07) is 28.1. The highest BCUT2D eigenvalue weighted by atomic mass is 32.2. The lowest BCUT2D eigenvalue weighted by atomic mass is 10.1. The summed E-state index contributed by atoms with van der Waals surface area (Å²) in [5.41, 5.74) is 5.64. The van der Waals surface area contributed by atoms with Crippen LogP contribution in [0.15, 0.2) is 90.0 Å². The molecular weight excluding hydrogens is 528 g/mol. The molecule has 4 aromatic carbocycles. The molecule has 0 atom stereocenters. The Morgan fingerprint density at radius 1 is 0.897 bits per heavy atom. The Hall–Kier alpha value is -3.62. The van der Waals surface area contributed by atoms with E-state index in [2.05, 4.69) is 53.0 Å². The van der Waals surface area contributed by atoms with E-state index >= 15 is 0 Å². The van der Waals surface area contributed by atoms with E-state index < -0.39 is 0 Å². The van der Waals surface area contributed by atoms with Gasteiger partial charge in [-0.25, -0.2) is 5.43 Å². The molecule has 0 aromatic heterocycles. The molecular formula is C31H30N2O4S2. The van der Waals surface area contributed by atoms with E-state index in [1.54, 1.807) is 6.21 Å². The number of carbonyl (C=O) groups excluding carboxylic acids is 1. The topological polar surface area (TPSA) is 69.2 Å². The molecule has 1 heterocycles. The summed E-state index contributed by atoms with van der Waals surface area (Å²) in [6.07, 6.45) is 1.57. The van der Waals surface area contributed by atoms with Crippen molar-refractivity contribution in [1.82, 2.24) is 5.43 Å². The second-order valence-corrected chi connectivity index (χ2v) is 11.6. The first-order valence-corrected chi connectivity index (χ1v) is 14.9. The summed E-state index contributed by atoms with van der Waals surface area (Å²) in [7, 11) is 0. The minimum Gasteiger partial charge on any atom is -0.490 e. The van der Waals surface area contributed by atoms with Crippen LogP contribution in [0.5, 0.6) is 17.2 Å². The van der Waals surface area contributed by atoms with Gasteiger partial charge in [0.15, 0.2) is 18.1 Å². The van der Waals surface area contributed by atoms with Crippen molar-refractivity contribution in [2.45, 2.75) is 18.1 Å². The van der Waals surface area contributed by atoms with Gasteiger partial charge in [0.05, 0.1) is 17.4 Å². The average Bonchev–Trinajstić information content (AvgIpc) is 3.51. The molecule has 1 N–H and O–H groups in total. The van der Waals surface area contributed by atoms with Gasteiger partial charge in [-0.15, -0.1) is 23.5 Å². The lowest BCUT2D eigenvalue weighted by Gasteiger charge is -2.13. The summed E-state index contributed by atoms with van der Waals surface area (Å²) < 4.78 is 18.0. The number of ether oxygens (including phenoxy) is 3.